The van der Waals surface area contributed by atoms with Crippen molar-refractivity contribution in [2.45, 2.75) is 6.04 Å². The first kappa shape index (κ1) is 12.7. The Morgan fingerprint density at radius 1 is 1.78 bits per heavy atom. The first-order valence-electron chi connectivity index (χ1n) is 2.02. The predicted octanol–water partition coefficient (Wildman–Crippen LogP) is -2.10. The van der Waals surface area contributed by atoms with Crippen molar-refractivity contribution in [3.8, 4) is 0 Å². The molecule has 2 unspecified atom stereocenters. The molecule has 0 amide bonds. The minimum atomic E-state index is -1.05. The molecular weight excluding hydrogens is 169 g/mol. The summed E-state index contributed by atoms with van der Waals surface area (Å²) in [6, 6.07) is -0.861. The summed E-state index contributed by atoms with van der Waals surface area (Å²) in [7, 11) is 2.02. The van der Waals surface area contributed by atoms with Gasteiger partial charge in [-0.25, -0.2) is 0 Å². The van der Waals surface area contributed by atoms with E-state index in [4.69, 9.17) is 10.2 Å². The van der Waals surface area contributed by atoms with E-state index in [0.717, 1.165) is 0 Å². The summed E-state index contributed by atoms with van der Waals surface area (Å²) < 4.78 is 0. The summed E-state index contributed by atoms with van der Waals surface area (Å²) in [5.74, 6) is -1.05. The van der Waals surface area contributed by atoms with Gasteiger partial charge in [0.15, 0.2) is 0 Å². The van der Waals surface area contributed by atoms with Crippen LogP contribution >= 0.6 is 9.39 Å². The molecule has 6 heteroatoms. The minimum absolute atomic E-state index is 0. The number of carboxylic acid groups (broad SMARTS) is 1. The van der Waals surface area contributed by atoms with Crippen molar-refractivity contribution in [3.63, 3.8) is 0 Å². The summed E-state index contributed by atoms with van der Waals surface area (Å²) in [6.45, 7) is -0.390. The number of aliphatic hydroxyl groups excluding tert-OH is 1. The number of nitrogens with one attached hydrogen (secondary N) is 1. The van der Waals surface area contributed by atoms with Crippen molar-refractivity contribution in [1.29, 1.82) is 0 Å². The van der Waals surface area contributed by atoms with E-state index in [0.29, 0.717) is 0 Å². The van der Waals surface area contributed by atoms with Crippen molar-refractivity contribution in [1.82, 2.24) is 5.09 Å². The Balaban J connectivity index is 0. The van der Waals surface area contributed by atoms with Crippen LogP contribution in [-0.2, 0) is 4.79 Å². The van der Waals surface area contributed by atoms with Gasteiger partial charge in [0.2, 0.25) is 0 Å². The van der Waals surface area contributed by atoms with Crippen LogP contribution in [0.25, 0.3) is 0 Å². The van der Waals surface area contributed by atoms with Crippen LogP contribution in [0.5, 0.6) is 0 Å². The quantitative estimate of drug-likeness (QED) is 0.343. The second kappa shape index (κ2) is 7.19. The molecule has 0 aromatic heterocycles. The Morgan fingerprint density at radius 2 is 2.22 bits per heavy atom. The molecule has 4 nitrogen and oxygen atoms in total. The SMILES string of the molecule is O=C(O)C(CO)NP.[CaH2]. The molecule has 0 saturated carbocycles. The third-order valence-corrected chi connectivity index (χ3v) is 1.08. The summed E-state index contributed by atoms with van der Waals surface area (Å²) in [4.78, 5) is 9.93. The fourth-order valence-electron chi connectivity index (χ4n) is 0.202. The van der Waals surface area contributed by atoms with Crippen LogP contribution < -0.4 is 5.09 Å². The van der Waals surface area contributed by atoms with Gasteiger partial charge in [-0.15, -0.1) is 0 Å². The fraction of sp³-hybridized carbons (Fsp3) is 0.667. The van der Waals surface area contributed by atoms with Crippen molar-refractivity contribution >= 4 is 53.1 Å². The number of hydrogen-bond acceptors (Lipinski definition) is 3. The Morgan fingerprint density at radius 3 is 2.22 bits per heavy atom. The van der Waals surface area contributed by atoms with Gasteiger partial charge in [-0.2, -0.15) is 0 Å². The molecule has 2 atom stereocenters. The van der Waals surface area contributed by atoms with Gasteiger partial charge in [0.05, 0.1) is 6.61 Å². The molecule has 0 radical (unpaired) electrons. The summed E-state index contributed by atoms with van der Waals surface area (Å²) >= 11 is 0. The average molecular weight is 179 g/mol. The Labute approximate surface area is 85.3 Å². The maximum atomic E-state index is 9.93. The van der Waals surface area contributed by atoms with Gasteiger partial charge in [-0.1, -0.05) is 9.39 Å². The molecule has 52 valence electrons. The molecule has 0 saturated heterocycles. The topological polar surface area (TPSA) is 69.6 Å². The molecule has 0 aliphatic rings. The van der Waals surface area contributed by atoms with Crippen LogP contribution in [0.15, 0.2) is 0 Å². The van der Waals surface area contributed by atoms with E-state index in [-0.39, 0.29) is 37.7 Å². The van der Waals surface area contributed by atoms with E-state index in [1.54, 1.807) is 0 Å². The predicted molar refractivity (Wildman–Crippen MR) is 39.9 cm³/mol. The van der Waals surface area contributed by atoms with E-state index >= 15 is 0 Å². The van der Waals surface area contributed by atoms with Crippen molar-refractivity contribution < 1.29 is 15.0 Å². The molecule has 0 aromatic carbocycles. The van der Waals surface area contributed by atoms with Crippen LogP contribution in [0, 0.1) is 0 Å². The van der Waals surface area contributed by atoms with Crippen LogP contribution in [0.4, 0.5) is 0 Å². The zero-order valence-electron chi connectivity index (χ0n) is 4.16. The number of rotatable bonds is 3. The number of aliphatic carboxylic acids is 1. The van der Waals surface area contributed by atoms with Gasteiger partial charge in [-0.3, -0.25) is 9.88 Å². The molecule has 0 aliphatic heterocycles. The van der Waals surface area contributed by atoms with Crippen LogP contribution in [0.3, 0.4) is 0 Å². The van der Waals surface area contributed by atoms with Crippen LogP contribution in [-0.4, -0.2) is 66.6 Å². The van der Waals surface area contributed by atoms with E-state index in [2.05, 4.69) is 5.09 Å². The van der Waals surface area contributed by atoms with Crippen molar-refractivity contribution in [2.75, 3.05) is 6.61 Å². The van der Waals surface area contributed by atoms with E-state index in [1.807, 2.05) is 9.39 Å². The van der Waals surface area contributed by atoms with Gasteiger partial charge in [-0.05, 0) is 0 Å². The fourth-order valence-corrected chi connectivity index (χ4v) is 0.450. The molecule has 0 spiro atoms. The Bertz CT molecular complexity index is 87.1. The monoisotopic (exact) mass is 179 g/mol. The molecule has 0 aromatic rings. The first-order valence-corrected chi connectivity index (χ1v) is 2.60. The Hall–Kier alpha value is 1.08. The van der Waals surface area contributed by atoms with Crippen LogP contribution in [0.2, 0.25) is 0 Å². The third kappa shape index (κ3) is 5.52. The third-order valence-electron chi connectivity index (χ3n) is 0.682. The van der Waals surface area contributed by atoms with Crippen molar-refractivity contribution in [2.24, 2.45) is 0 Å². The van der Waals surface area contributed by atoms with E-state index < -0.39 is 18.6 Å². The van der Waals surface area contributed by atoms with Gasteiger partial charge >= 0.3 is 43.7 Å². The van der Waals surface area contributed by atoms with Crippen molar-refractivity contribution in [3.05, 3.63) is 0 Å². The van der Waals surface area contributed by atoms with Gasteiger partial charge in [0, 0.05) is 0 Å². The molecule has 3 N–H and O–H groups in total. The zero-order valence-corrected chi connectivity index (χ0v) is 5.32. The molecular formula is C3H10CaNO3P. The number of hydrogen-bond donors (Lipinski definition) is 3. The van der Waals surface area contributed by atoms with Gasteiger partial charge in [0.1, 0.15) is 6.04 Å². The van der Waals surface area contributed by atoms with Gasteiger partial charge in [0.25, 0.3) is 0 Å². The van der Waals surface area contributed by atoms with Gasteiger partial charge < -0.3 is 10.2 Å². The summed E-state index contributed by atoms with van der Waals surface area (Å²) in [5, 5.41) is 18.7. The normalized spacial score (nSPS) is 11.8. The molecule has 0 heterocycles. The average Bonchev–Trinajstić information content (AvgIpc) is 1.69. The Kier molecular flexibility index (Phi) is 10.2. The summed E-state index contributed by atoms with van der Waals surface area (Å²) in [5.41, 5.74) is 0. The first-order chi connectivity index (χ1) is 3.72. The molecule has 0 rings (SSSR count). The second-order valence-corrected chi connectivity index (χ2v) is 1.57. The molecule has 9 heavy (non-hydrogen) atoms. The molecule has 0 aliphatic carbocycles. The van der Waals surface area contributed by atoms with E-state index in [9.17, 15) is 4.79 Å². The van der Waals surface area contributed by atoms with Crippen LogP contribution in [0.1, 0.15) is 0 Å². The number of carbonyl (C=O) groups is 1. The molecule has 0 bridgehead atoms. The summed E-state index contributed by atoms with van der Waals surface area (Å²) in [6.07, 6.45) is 0. The van der Waals surface area contributed by atoms with E-state index in [1.165, 1.54) is 0 Å². The zero-order chi connectivity index (χ0) is 6.57. The second-order valence-electron chi connectivity index (χ2n) is 1.24. The maximum absolute atomic E-state index is 9.93. The number of aliphatic hydroxyl groups is 1. The number of carboxylic acids is 1. The standard InChI is InChI=1S/C3H8NO3P.Ca.2H/c5-1-2(4-8)3(6)7;;;/h2,4-5H,1,8H2,(H,6,7);;;. The molecule has 0 fully saturated rings.